The van der Waals surface area contributed by atoms with Gasteiger partial charge in [0.05, 0.1) is 0 Å². The molecule has 0 bridgehead atoms. The molecule has 4 nitrogen and oxygen atoms in total. The molecule has 0 aromatic heterocycles. The second kappa shape index (κ2) is 8.76. The van der Waals surface area contributed by atoms with Gasteiger partial charge >= 0.3 is 5.97 Å². The molecule has 0 unspecified atom stereocenters. The van der Waals surface area contributed by atoms with Crippen molar-refractivity contribution >= 4 is 11.9 Å². The molecule has 100 valence electrons. The number of benzene rings is 1. The van der Waals surface area contributed by atoms with Gasteiger partial charge in [0.15, 0.2) is 0 Å². The van der Waals surface area contributed by atoms with E-state index in [9.17, 15) is 9.59 Å². The molecule has 0 aliphatic heterocycles. The number of amides is 1. The standard InChI is InChI=1S/C15H17NO3/c17-14(11-10-13-7-3-1-4-8-13)16-12-6-2-5-9-15(18)19/h1,3-4,7-8H,2,5-6,9,12H2,(H,16,17)(H,18,19). The largest absolute Gasteiger partial charge is 0.481 e. The van der Waals surface area contributed by atoms with Crippen molar-refractivity contribution in [3.8, 4) is 11.8 Å². The summed E-state index contributed by atoms with van der Waals surface area (Å²) in [5.74, 6) is 4.20. The van der Waals surface area contributed by atoms with E-state index in [1.54, 1.807) is 0 Å². The molecule has 0 atom stereocenters. The average Bonchev–Trinajstić information content (AvgIpc) is 2.41. The number of nitrogens with one attached hydrogen (secondary N) is 1. The van der Waals surface area contributed by atoms with Gasteiger partial charge in [-0.1, -0.05) is 30.5 Å². The lowest BCUT2D eigenvalue weighted by atomic mass is 10.2. The van der Waals surface area contributed by atoms with Crippen molar-refractivity contribution in [2.24, 2.45) is 0 Å². The fraction of sp³-hybridized carbons (Fsp3) is 0.333. The van der Waals surface area contributed by atoms with Gasteiger partial charge in [-0.25, -0.2) is 0 Å². The lowest BCUT2D eigenvalue weighted by molar-refractivity contribution is -0.137. The van der Waals surface area contributed by atoms with Crippen LogP contribution in [0.4, 0.5) is 0 Å². The summed E-state index contributed by atoms with van der Waals surface area (Å²) in [4.78, 5) is 21.7. The summed E-state index contributed by atoms with van der Waals surface area (Å²) in [5.41, 5.74) is 0.805. The van der Waals surface area contributed by atoms with Crippen molar-refractivity contribution in [2.75, 3.05) is 6.54 Å². The summed E-state index contributed by atoms with van der Waals surface area (Å²) in [5, 5.41) is 11.1. The molecule has 0 fully saturated rings. The van der Waals surface area contributed by atoms with Crippen molar-refractivity contribution in [1.29, 1.82) is 0 Å². The van der Waals surface area contributed by atoms with Crippen LogP contribution in [0.2, 0.25) is 0 Å². The summed E-state index contributed by atoms with van der Waals surface area (Å²) < 4.78 is 0. The highest BCUT2D eigenvalue weighted by atomic mass is 16.4. The Balaban J connectivity index is 2.15. The van der Waals surface area contributed by atoms with Gasteiger partial charge in [-0.05, 0) is 25.0 Å². The van der Waals surface area contributed by atoms with Crippen molar-refractivity contribution < 1.29 is 14.7 Å². The molecule has 0 saturated carbocycles. The Kier molecular flexibility index (Phi) is 6.81. The van der Waals surface area contributed by atoms with Gasteiger partial charge in [0.25, 0.3) is 5.91 Å². The molecule has 0 radical (unpaired) electrons. The van der Waals surface area contributed by atoms with Crippen LogP contribution in [-0.2, 0) is 9.59 Å². The number of carbonyl (C=O) groups is 2. The van der Waals surface area contributed by atoms with E-state index in [0.717, 1.165) is 18.4 Å². The first-order valence-electron chi connectivity index (χ1n) is 6.25. The monoisotopic (exact) mass is 259 g/mol. The minimum atomic E-state index is -0.780. The summed E-state index contributed by atoms with van der Waals surface area (Å²) >= 11 is 0. The highest BCUT2D eigenvalue weighted by molar-refractivity contribution is 5.94. The van der Waals surface area contributed by atoms with Crippen LogP contribution in [0, 0.1) is 11.8 Å². The van der Waals surface area contributed by atoms with Crippen LogP contribution in [0.1, 0.15) is 31.2 Å². The Morgan fingerprint density at radius 2 is 1.84 bits per heavy atom. The van der Waals surface area contributed by atoms with Gasteiger partial charge in [-0.3, -0.25) is 9.59 Å². The van der Waals surface area contributed by atoms with Gasteiger partial charge in [0.2, 0.25) is 0 Å². The van der Waals surface area contributed by atoms with Gasteiger partial charge in [-0.2, -0.15) is 0 Å². The Morgan fingerprint density at radius 1 is 1.11 bits per heavy atom. The second-order valence-corrected chi connectivity index (χ2v) is 4.08. The first-order valence-corrected chi connectivity index (χ1v) is 6.25. The quantitative estimate of drug-likeness (QED) is 0.604. The van der Waals surface area contributed by atoms with Crippen LogP contribution >= 0.6 is 0 Å². The number of hydrogen-bond donors (Lipinski definition) is 2. The number of rotatable bonds is 6. The smallest absolute Gasteiger partial charge is 0.303 e. The molecule has 0 spiro atoms. The molecule has 1 amide bonds. The number of carbonyl (C=O) groups excluding carboxylic acids is 1. The SMILES string of the molecule is O=C(O)CCCCCNC(=O)C#Cc1ccccc1. The zero-order chi connectivity index (χ0) is 13.9. The predicted molar refractivity (Wildman–Crippen MR) is 72.4 cm³/mol. The Labute approximate surface area is 112 Å². The van der Waals surface area contributed by atoms with Crippen molar-refractivity contribution in [3.63, 3.8) is 0 Å². The first kappa shape index (κ1) is 14.8. The lowest BCUT2D eigenvalue weighted by Gasteiger charge is -2.00. The predicted octanol–water partition coefficient (Wildman–Crippen LogP) is 1.80. The van der Waals surface area contributed by atoms with E-state index in [1.165, 1.54) is 0 Å². The van der Waals surface area contributed by atoms with Crippen LogP contribution in [0.15, 0.2) is 30.3 Å². The highest BCUT2D eigenvalue weighted by Crippen LogP contribution is 1.98. The molecule has 0 heterocycles. The van der Waals surface area contributed by atoms with Crippen LogP contribution in [-0.4, -0.2) is 23.5 Å². The fourth-order valence-corrected chi connectivity index (χ4v) is 1.47. The summed E-state index contributed by atoms with van der Waals surface area (Å²) in [6.07, 6.45) is 2.38. The second-order valence-electron chi connectivity index (χ2n) is 4.08. The van der Waals surface area contributed by atoms with Gasteiger partial charge in [0.1, 0.15) is 0 Å². The number of carboxylic acids is 1. The molecule has 0 aliphatic rings. The van der Waals surface area contributed by atoms with Crippen LogP contribution in [0.3, 0.4) is 0 Å². The molecular weight excluding hydrogens is 242 g/mol. The third-order valence-corrected chi connectivity index (χ3v) is 2.45. The zero-order valence-corrected chi connectivity index (χ0v) is 10.7. The Bertz CT molecular complexity index is 471. The maximum absolute atomic E-state index is 11.4. The zero-order valence-electron chi connectivity index (χ0n) is 10.7. The first-order chi connectivity index (χ1) is 9.18. The van der Waals surface area contributed by atoms with Gasteiger partial charge in [0, 0.05) is 24.4 Å². The third-order valence-electron chi connectivity index (χ3n) is 2.45. The minimum absolute atomic E-state index is 0.182. The lowest BCUT2D eigenvalue weighted by Crippen LogP contribution is -2.22. The van der Waals surface area contributed by atoms with Crippen molar-refractivity contribution in [3.05, 3.63) is 35.9 Å². The van der Waals surface area contributed by atoms with E-state index < -0.39 is 5.97 Å². The van der Waals surface area contributed by atoms with E-state index in [0.29, 0.717) is 13.0 Å². The molecule has 1 rings (SSSR count). The van der Waals surface area contributed by atoms with Crippen molar-refractivity contribution in [1.82, 2.24) is 5.32 Å². The highest BCUT2D eigenvalue weighted by Gasteiger charge is 1.97. The van der Waals surface area contributed by atoms with Crippen molar-refractivity contribution in [2.45, 2.75) is 25.7 Å². The third kappa shape index (κ3) is 7.61. The van der Waals surface area contributed by atoms with E-state index in [1.807, 2.05) is 30.3 Å². The summed E-state index contributed by atoms with van der Waals surface area (Å²) in [7, 11) is 0. The number of unbranched alkanes of at least 4 members (excludes halogenated alkanes) is 2. The van der Waals surface area contributed by atoms with Crippen LogP contribution in [0.5, 0.6) is 0 Å². The molecule has 0 saturated heterocycles. The molecular formula is C15H17NO3. The fourth-order valence-electron chi connectivity index (χ4n) is 1.47. The summed E-state index contributed by atoms with van der Waals surface area (Å²) in [6.45, 7) is 0.530. The van der Waals surface area contributed by atoms with E-state index >= 15 is 0 Å². The van der Waals surface area contributed by atoms with Gasteiger partial charge < -0.3 is 10.4 Å². The maximum Gasteiger partial charge on any atom is 0.303 e. The number of aliphatic carboxylic acids is 1. The summed E-state index contributed by atoms with van der Waals surface area (Å²) in [6, 6.07) is 9.30. The number of hydrogen-bond acceptors (Lipinski definition) is 2. The normalized spacial score (nSPS) is 9.26. The van der Waals surface area contributed by atoms with Crippen LogP contribution in [0.25, 0.3) is 0 Å². The van der Waals surface area contributed by atoms with E-state index in [4.69, 9.17) is 5.11 Å². The molecule has 1 aromatic carbocycles. The topological polar surface area (TPSA) is 66.4 Å². The molecule has 2 N–H and O–H groups in total. The Morgan fingerprint density at radius 3 is 2.53 bits per heavy atom. The van der Waals surface area contributed by atoms with E-state index in [2.05, 4.69) is 17.2 Å². The Hall–Kier alpha value is -2.28. The molecule has 4 heteroatoms. The average molecular weight is 259 g/mol. The number of carboxylic acid groups (broad SMARTS) is 1. The molecule has 1 aromatic rings. The minimum Gasteiger partial charge on any atom is -0.481 e. The molecule has 19 heavy (non-hydrogen) atoms. The van der Waals surface area contributed by atoms with Gasteiger partial charge in [-0.15, -0.1) is 0 Å². The van der Waals surface area contributed by atoms with Crippen LogP contribution < -0.4 is 5.32 Å². The maximum atomic E-state index is 11.4. The van der Waals surface area contributed by atoms with E-state index in [-0.39, 0.29) is 12.3 Å². The molecule has 0 aliphatic carbocycles.